The number of Topliss-reactive ketones (excluding diaryl/α,β-unsaturated/α-hetero) is 1. The lowest BCUT2D eigenvalue weighted by atomic mass is 10.1. The number of rotatable bonds is 2. The second kappa shape index (κ2) is 4.45. The summed E-state index contributed by atoms with van der Waals surface area (Å²) >= 11 is 0. The van der Waals surface area contributed by atoms with E-state index in [1.54, 1.807) is 24.3 Å². The maximum absolute atomic E-state index is 11.7. The third-order valence-electron chi connectivity index (χ3n) is 2.85. The van der Waals surface area contributed by atoms with Crippen molar-refractivity contribution in [2.45, 2.75) is 12.8 Å². The van der Waals surface area contributed by atoms with Crippen molar-refractivity contribution in [2.75, 3.05) is 7.11 Å². The Morgan fingerprint density at radius 2 is 2.18 bits per heavy atom. The first-order valence-electron chi connectivity index (χ1n) is 5.42. The van der Waals surface area contributed by atoms with E-state index in [1.165, 1.54) is 7.11 Å². The van der Waals surface area contributed by atoms with Gasteiger partial charge in [0.05, 0.1) is 7.11 Å². The van der Waals surface area contributed by atoms with E-state index in [-0.39, 0.29) is 11.5 Å². The van der Waals surface area contributed by atoms with Crippen LogP contribution in [0.1, 0.15) is 18.4 Å². The van der Waals surface area contributed by atoms with Crippen molar-refractivity contribution in [1.29, 1.82) is 0 Å². The van der Waals surface area contributed by atoms with Gasteiger partial charge in [0, 0.05) is 5.57 Å². The van der Waals surface area contributed by atoms with Crippen molar-refractivity contribution in [3.8, 4) is 11.5 Å². The summed E-state index contributed by atoms with van der Waals surface area (Å²) in [5.41, 5.74) is 2.20. The highest BCUT2D eigenvalue weighted by Gasteiger charge is 2.20. The van der Waals surface area contributed by atoms with Gasteiger partial charge in [-0.3, -0.25) is 4.79 Å². The van der Waals surface area contributed by atoms with E-state index in [1.807, 2.05) is 0 Å². The van der Waals surface area contributed by atoms with Gasteiger partial charge in [-0.25, -0.2) is 0 Å². The molecule has 0 atom stereocenters. The van der Waals surface area contributed by atoms with Crippen LogP contribution in [0.2, 0.25) is 0 Å². The van der Waals surface area contributed by atoms with Gasteiger partial charge < -0.3 is 9.84 Å². The summed E-state index contributed by atoms with van der Waals surface area (Å²) in [5, 5.41) is 9.63. The molecule has 1 aromatic rings. The van der Waals surface area contributed by atoms with Gasteiger partial charge in [0.25, 0.3) is 0 Å². The van der Waals surface area contributed by atoms with Crippen LogP contribution in [0, 0.1) is 0 Å². The van der Waals surface area contributed by atoms with E-state index >= 15 is 0 Å². The zero-order valence-electron chi connectivity index (χ0n) is 9.69. The molecule has 0 aromatic heterocycles. The first-order valence-corrected chi connectivity index (χ1v) is 5.42. The molecule has 3 nitrogen and oxygen atoms in total. The Bertz CT molecular complexity index is 512. The number of aromatic hydroxyl groups is 1. The first kappa shape index (κ1) is 11.5. The molecule has 1 fully saturated rings. The third-order valence-corrected chi connectivity index (χ3v) is 2.85. The lowest BCUT2D eigenvalue weighted by Crippen LogP contribution is -1.93. The summed E-state index contributed by atoms with van der Waals surface area (Å²) in [5.74, 6) is 0.528. The quantitative estimate of drug-likeness (QED) is 0.794. The van der Waals surface area contributed by atoms with Crippen LogP contribution in [0.5, 0.6) is 11.5 Å². The number of hydrogen-bond acceptors (Lipinski definition) is 3. The number of ketones is 1. The molecule has 0 amide bonds. The summed E-state index contributed by atoms with van der Waals surface area (Å²) in [6, 6.07) is 5.07. The molecule has 0 radical (unpaired) electrons. The number of allylic oxidation sites excluding steroid dienone is 2. The second-order valence-corrected chi connectivity index (χ2v) is 4.03. The SMILES string of the molecule is C=C1CC/C(=C\c2ccc(OC)c(O)c2)C1=O. The number of carbonyl (C=O) groups is 1. The van der Waals surface area contributed by atoms with Crippen molar-refractivity contribution in [3.05, 3.63) is 41.5 Å². The topological polar surface area (TPSA) is 46.5 Å². The Morgan fingerprint density at radius 3 is 2.71 bits per heavy atom. The van der Waals surface area contributed by atoms with Gasteiger partial charge in [0.2, 0.25) is 0 Å². The van der Waals surface area contributed by atoms with Crippen LogP contribution in [0.4, 0.5) is 0 Å². The molecule has 0 heterocycles. The Labute approximate surface area is 100 Å². The average Bonchev–Trinajstić information content (AvgIpc) is 2.61. The summed E-state index contributed by atoms with van der Waals surface area (Å²) in [6.45, 7) is 3.71. The van der Waals surface area contributed by atoms with E-state index in [4.69, 9.17) is 4.74 Å². The van der Waals surface area contributed by atoms with E-state index in [0.717, 1.165) is 24.0 Å². The predicted octanol–water partition coefficient (Wildman–Crippen LogP) is 2.70. The molecular weight excluding hydrogens is 216 g/mol. The summed E-state index contributed by atoms with van der Waals surface area (Å²) in [4.78, 5) is 11.7. The van der Waals surface area contributed by atoms with Crippen LogP contribution in [0.15, 0.2) is 35.9 Å². The largest absolute Gasteiger partial charge is 0.504 e. The van der Waals surface area contributed by atoms with E-state index in [0.29, 0.717) is 11.3 Å². The highest BCUT2D eigenvalue weighted by atomic mass is 16.5. The van der Waals surface area contributed by atoms with Gasteiger partial charge in [-0.05, 0) is 42.2 Å². The molecule has 17 heavy (non-hydrogen) atoms. The molecule has 1 saturated carbocycles. The molecule has 0 bridgehead atoms. The molecule has 88 valence electrons. The highest BCUT2D eigenvalue weighted by Crippen LogP contribution is 2.30. The van der Waals surface area contributed by atoms with Crippen LogP contribution in [-0.4, -0.2) is 18.0 Å². The molecule has 2 rings (SSSR count). The fourth-order valence-electron chi connectivity index (χ4n) is 1.88. The first-order chi connectivity index (χ1) is 8.11. The lowest BCUT2D eigenvalue weighted by Gasteiger charge is -2.04. The molecule has 1 aromatic carbocycles. The second-order valence-electron chi connectivity index (χ2n) is 4.03. The molecule has 1 aliphatic carbocycles. The van der Waals surface area contributed by atoms with Crippen LogP contribution in [0.3, 0.4) is 0 Å². The molecule has 1 N–H and O–H groups in total. The molecular formula is C14H14O3. The Hall–Kier alpha value is -2.03. The number of phenolic OH excluding ortho intramolecular Hbond substituents is 1. The minimum atomic E-state index is 0.0281. The maximum atomic E-state index is 11.7. The number of benzene rings is 1. The van der Waals surface area contributed by atoms with Crippen molar-refractivity contribution < 1.29 is 14.6 Å². The van der Waals surface area contributed by atoms with Gasteiger partial charge in [-0.1, -0.05) is 12.6 Å². The summed E-state index contributed by atoms with van der Waals surface area (Å²) in [7, 11) is 1.50. The standard InChI is InChI=1S/C14H14O3/c1-9-3-5-11(14(9)16)7-10-4-6-13(17-2)12(15)8-10/h4,6-8,15H,1,3,5H2,2H3/b11-7+. The minimum Gasteiger partial charge on any atom is -0.504 e. The predicted molar refractivity (Wildman–Crippen MR) is 66.0 cm³/mol. The van der Waals surface area contributed by atoms with Crippen molar-refractivity contribution >= 4 is 11.9 Å². The third kappa shape index (κ3) is 2.23. The number of phenols is 1. The molecule has 1 aliphatic rings. The molecule has 0 unspecified atom stereocenters. The minimum absolute atomic E-state index is 0.0281. The van der Waals surface area contributed by atoms with Gasteiger partial charge in [-0.2, -0.15) is 0 Å². The Morgan fingerprint density at radius 1 is 1.41 bits per heavy atom. The number of hydrogen-bond donors (Lipinski definition) is 1. The monoisotopic (exact) mass is 230 g/mol. The van der Waals surface area contributed by atoms with Crippen molar-refractivity contribution in [2.24, 2.45) is 0 Å². The Balaban J connectivity index is 2.30. The number of ether oxygens (including phenoxy) is 1. The van der Waals surface area contributed by atoms with E-state index in [2.05, 4.69) is 6.58 Å². The fourth-order valence-corrected chi connectivity index (χ4v) is 1.88. The van der Waals surface area contributed by atoms with Crippen LogP contribution in [-0.2, 0) is 4.79 Å². The van der Waals surface area contributed by atoms with Crippen LogP contribution < -0.4 is 4.74 Å². The fraction of sp³-hybridized carbons (Fsp3) is 0.214. The van der Waals surface area contributed by atoms with Crippen molar-refractivity contribution in [3.63, 3.8) is 0 Å². The maximum Gasteiger partial charge on any atom is 0.184 e. The summed E-state index contributed by atoms with van der Waals surface area (Å²) in [6.07, 6.45) is 3.25. The van der Waals surface area contributed by atoms with E-state index < -0.39 is 0 Å². The average molecular weight is 230 g/mol. The normalized spacial score (nSPS) is 17.8. The number of methoxy groups -OCH3 is 1. The smallest absolute Gasteiger partial charge is 0.184 e. The van der Waals surface area contributed by atoms with Crippen LogP contribution >= 0.6 is 0 Å². The van der Waals surface area contributed by atoms with Gasteiger partial charge in [0.15, 0.2) is 17.3 Å². The van der Waals surface area contributed by atoms with E-state index in [9.17, 15) is 9.90 Å². The lowest BCUT2D eigenvalue weighted by molar-refractivity contribution is -0.111. The molecule has 0 spiro atoms. The number of carbonyl (C=O) groups excluding carboxylic acids is 1. The zero-order chi connectivity index (χ0) is 12.4. The zero-order valence-corrected chi connectivity index (χ0v) is 9.69. The Kier molecular flexibility index (Phi) is 3.00. The van der Waals surface area contributed by atoms with Crippen LogP contribution in [0.25, 0.3) is 6.08 Å². The van der Waals surface area contributed by atoms with Gasteiger partial charge >= 0.3 is 0 Å². The molecule has 3 heteroatoms. The van der Waals surface area contributed by atoms with Crippen molar-refractivity contribution in [1.82, 2.24) is 0 Å². The molecule has 0 saturated heterocycles. The summed E-state index contributed by atoms with van der Waals surface area (Å²) < 4.78 is 4.96. The highest BCUT2D eigenvalue weighted by molar-refractivity contribution is 6.12. The van der Waals surface area contributed by atoms with Gasteiger partial charge in [-0.15, -0.1) is 0 Å². The van der Waals surface area contributed by atoms with Gasteiger partial charge in [0.1, 0.15) is 0 Å². The molecule has 0 aliphatic heterocycles.